The number of nitrogens with zero attached hydrogens (tertiary/aromatic N) is 1. The standard InChI is InChI=1S/C3H2ClN/c4-3-1-2-5-3/h1-2H. The normalized spacial score (nSPS) is 17.4. The van der Waals surface area contributed by atoms with Gasteiger partial charge < -0.3 is 0 Å². The predicted molar refractivity (Wildman–Crippen MR) is 22.4 cm³/mol. The van der Waals surface area contributed by atoms with E-state index in [9.17, 15) is 0 Å². The van der Waals surface area contributed by atoms with Crippen molar-refractivity contribution in [2.45, 2.75) is 0 Å². The molecule has 26 valence electrons. The molecule has 0 atom stereocenters. The number of hydrogen-bond acceptors (Lipinski definition) is 1. The molecule has 0 fully saturated rings. The van der Waals surface area contributed by atoms with E-state index in [1.54, 1.807) is 12.3 Å². The van der Waals surface area contributed by atoms with Gasteiger partial charge in [0, 0.05) is 6.20 Å². The van der Waals surface area contributed by atoms with Gasteiger partial charge in [-0.2, -0.15) is 0 Å². The summed E-state index contributed by atoms with van der Waals surface area (Å²) in [7, 11) is 0. The van der Waals surface area contributed by atoms with Crippen LogP contribution in [0.2, 0.25) is 0 Å². The summed E-state index contributed by atoms with van der Waals surface area (Å²) in [5, 5.41) is 0.602. The summed E-state index contributed by atoms with van der Waals surface area (Å²) in [6.45, 7) is 0. The maximum atomic E-state index is 5.21. The zero-order valence-electron chi connectivity index (χ0n) is 2.48. The van der Waals surface area contributed by atoms with Gasteiger partial charge in [0.05, 0.1) is 0 Å². The molecule has 0 aromatic carbocycles. The molecule has 0 aromatic rings. The molecule has 0 bridgehead atoms. The second-order valence-corrected chi connectivity index (χ2v) is 1.15. The quantitative estimate of drug-likeness (QED) is 0.420. The minimum Gasteiger partial charge on any atom is -0.244 e. The molecular formula is C3H2ClN. The fourth-order valence-electron chi connectivity index (χ4n) is 0.131. The molecule has 0 N–H and O–H groups in total. The van der Waals surface area contributed by atoms with Crippen molar-refractivity contribution in [3.8, 4) is 0 Å². The van der Waals surface area contributed by atoms with Crippen molar-refractivity contribution in [3.63, 3.8) is 0 Å². The summed E-state index contributed by atoms with van der Waals surface area (Å²) in [6, 6.07) is 0. The third kappa shape index (κ3) is 0.329. The summed E-state index contributed by atoms with van der Waals surface area (Å²) < 4.78 is 0. The summed E-state index contributed by atoms with van der Waals surface area (Å²) >= 11 is 5.21. The number of rotatable bonds is 0. The summed E-state index contributed by atoms with van der Waals surface area (Å²) in [6.07, 6.45) is 3.39. The smallest absolute Gasteiger partial charge is 0.130 e. The van der Waals surface area contributed by atoms with Crippen LogP contribution in [0.25, 0.3) is 0 Å². The third-order valence-corrected chi connectivity index (χ3v) is 0.634. The van der Waals surface area contributed by atoms with E-state index in [0.29, 0.717) is 5.17 Å². The fourth-order valence-corrected chi connectivity index (χ4v) is 0.244. The Morgan fingerprint density at radius 1 is 1.80 bits per heavy atom. The number of hydrogen-bond donors (Lipinski definition) is 0. The Balaban J connectivity index is 2.60. The van der Waals surface area contributed by atoms with Crippen LogP contribution in [-0.4, -0.2) is 5.17 Å². The van der Waals surface area contributed by atoms with Crippen LogP contribution in [0.1, 0.15) is 0 Å². The van der Waals surface area contributed by atoms with E-state index < -0.39 is 0 Å². The highest BCUT2D eigenvalue weighted by Gasteiger charge is 1.87. The van der Waals surface area contributed by atoms with Crippen LogP contribution in [0.5, 0.6) is 0 Å². The first-order valence-corrected chi connectivity index (χ1v) is 1.67. The first kappa shape index (κ1) is 2.91. The molecule has 1 nitrogen and oxygen atoms in total. The van der Waals surface area contributed by atoms with Gasteiger partial charge in [0.1, 0.15) is 5.17 Å². The topological polar surface area (TPSA) is 12.4 Å². The van der Waals surface area contributed by atoms with Crippen LogP contribution in [0.15, 0.2) is 17.3 Å². The molecule has 5 heavy (non-hydrogen) atoms. The van der Waals surface area contributed by atoms with Gasteiger partial charge in [-0.15, -0.1) is 0 Å². The number of aliphatic imine (C=N–C) groups is 1. The molecule has 1 aliphatic rings. The maximum Gasteiger partial charge on any atom is 0.130 e. The second-order valence-electron chi connectivity index (χ2n) is 0.768. The van der Waals surface area contributed by atoms with Gasteiger partial charge in [0.15, 0.2) is 0 Å². The van der Waals surface area contributed by atoms with Crippen molar-refractivity contribution in [1.82, 2.24) is 0 Å². The lowest BCUT2D eigenvalue weighted by molar-refractivity contribution is 1.54. The van der Waals surface area contributed by atoms with E-state index in [1.165, 1.54) is 0 Å². The number of allylic oxidation sites excluding steroid dienone is 1. The Morgan fingerprint density at radius 3 is 2.20 bits per heavy atom. The van der Waals surface area contributed by atoms with E-state index in [4.69, 9.17) is 11.6 Å². The first-order chi connectivity index (χ1) is 2.39. The Labute approximate surface area is 35.0 Å². The van der Waals surface area contributed by atoms with Crippen LogP contribution >= 0.6 is 11.6 Å². The monoisotopic (exact) mass is 87.0 g/mol. The van der Waals surface area contributed by atoms with Gasteiger partial charge in [-0.25, -0.2) is 4.99 Å². The van der Waals surface area contributed by atoms with Crippen LogP contribution in [0.4, 0.5) is 0 Å². The van der Waals surface area contributed by atoms with Gasteiger partial charge in [0.25, 0.3) is 0 Å². The van der Waals surface area contributed by atoms with Crippen LogP contribution < -0.4 is 0 Å². The minimum atomic E-state index is 0.602. The molecule has 1 rings (SSSR count). The van der Waals surface area contributed by atoms with Gasteiger partial charge in [-0.05, 0) is 6.08 Å². The third-order valence-electron chi connectivity index (χ3n) is 0.410. The predicted octanol–water partition coefficient (Wildman–Crippen LogP) is 1.15. The molecule has 0 saturated heterocycles. The fraction of sp³-hybridized carbons (Fsp3) is 0. The van der Waals surface area contributed by atoms with E-state index in [0.717, 1.165) is 0 Å². The summed E-state index contributed by atoms with van der Waals surface area (Å²) in [5.74, 6) is 0. The highest BCUT2D eigenvalue weighted by molar-refractivity contribution is 6.69. The van der Waals surface area contributed by atoms with E-state index in [-0.39, 0.29) is 0 Å². The Bertz CT molecular complexity index is 93.1. The van der Waals surface area contributed by atoms with Crippen molar-refractivity contribution >= 4 is 16.8 Å². The van der Waals surface area contributed by atoms with Gasteiger partial charge in [0.2, 0.25) is 0 Å². The molecule has 2 heteroatoms. The zero-order chi connectivity index (χ0) is 3.70. The van der Waals surface area contributed by atoms with E-state index in [1.807, 2.05) is 0 Å². The van der Waals surface area contributed by atoms with Crippen LogP contribution in [-0.2, 0) is 0 Å². The Hall–Kier alpha value is -0.300. The minimum absolute atomic E-state index is 0.602. The molecule has 0 aromatic heterocycles. The van der Waals surface area contributed by atoms with Gasteiger partial charge in [-0.1, -0.05) is 11.6 Å². The second kappa shape index (κ2) is 0.830. The van der Waals surface area contributed by atoms with Crippen molar-refractivity contribution < 1.29 is 0 Å². The molecule has 0 aliphatic carbocycles. The SMILES string of the molecule is ClC1=NC=C1. The molecule has 1 aliphatic heterocycles. The molecule has 1 heterocycles. The van der Waals surface area contributed by atoms with Crippen LogP contribution in [0.3, 0.4) is 0 Å². The molecule has 0 radical (unpaired) electrons. The van der Waals surface area contributed by atoms with E-state index in [2.05, 4.69) is 4.99 Å². The van der Waals surface area contributed by atoms with Crippen LogP contribution in [0, 0.1) is 0 Å². The summed E-state index contributed by atoms with van der Waals surface area (Å²) in [4.78, 5) is 3.57. The van der Waals surface area contributed by atoms with Crippen molar-refractivity contribution in [2.75, 3.05) is 0 Å². The molecule has 0 amide bonds. The lowest BCUT2D eigenvalue weighted by Crippen LogP contribution is -1.83. The average Bonchev–Trinajstić information content (AvgIpc) is 1.30. The average molecular weight is 87.5 g/mol. The molecule has 0 saturated carbocycles. The molecule has 0 spiro atoms. The van der Waals surface area contributed by atoms with Gasteiger partial charge >= 0.3 is 0 Å². The Morgan fingerprint density at radius 2 is 2.20 bits per heavy atom. The van der Waals surface area contributed by atoms with Crippen molar-refractivity contribution in [1.29, 1.82) is 0 Å². The van der Waals surface area contributed by atoms with E-state index >= 15 is 0 Å². The highest BCUT2D eigenvalue weighted by atomic mass is 35.5. The largest absolute Gasteiger partial charge is 0.244 e. The number of halogens is 1. The first-order valence-electron chi connectivity index (χ1n) is 1.29. The highest BCUT2D eigenvalue weighted by Crippen LogP contribution is 1.97. The Kier molecular flexibility index (Phi) is 0.484. The maximum absolute atomic E-state index is 5.21. The van der Waals surface area contributed by atoms with Gasteiger partial charge in [-0.3, -0.25) is 0 Å². The summed E-state index contributed by atoms with van der Waals surface area (Å²) in [5.41, 5.74) is 0. The van der Waals surface area contributed by atoms with Crippen molar-refractivity contribution in [3.05, 3.63) is 12.3 Å². The lowest BCUT2D eigenvalue weighted by atomic mass is 10.6. The molecule has 0 unspecified atom stereocenters. The van der Waals surface area contributed by atoms with Crippen molar-refractivity contribution in [2.24, 2.45) is 4.99 Å². The molecular weight excluding hydrogens is 85.5 g/mol. The zero-order valence-corrected chi connectivity index (χ0v) is 3.24. The lowest BCUT2D eigenvalue weighted by Gasteiger charge is -1.88.